The van der Waals surface area contributed by atoms with Crippen LogP contribution in [0.1, 0.15) is 41.6 Å². The Morgan fingerprint density at radius 2 is 2.16 bits per heavy atom. The van der Waals surface area contributed by atoms with Crippen LogP contribution in [0.2, 0.25) is 0 Å². The fourth-order valence-corrected chi connectivity index (χ4v) is 3.68. The zero-order chi connectivity index (χ0) is 17.8. The monoisotopic (exact) mass is 347 g/mol. The number of hydrogen-bond acceptors (Lipinski definition) is 3. The van der Waals surface area contributed by atoms with E-state index in [-0.39, 0.29) is 29.3 Å². The normalized spacial score (nSPS) is 23.5. The summed E-state index contributed by atoms with van der Waals surface area (Å²) in [7, 11) is 0. The number of halogens is 1. The molecule has 0 aromatic heterocycles. The Kier molecular flexibility index (Phi) is 5.68. The molecule has 2 aliphatic heterocycles. The van der Waals surface area contributed by atoms with E-state index in [1.165, 1.54) is 0 Å². The highest BCUT2D eigenvalue weighted by Gasteiger charge is 2.28. The van der Waals surface area contributed by atoms with E-state index < -0.39 is 5.82 Å². The van der Waals surface area contributed by atoms with Gasteiger partial charge >= 0.3 is 0 Å². The molecule has 2 N–H and O–H groups in total. The van der Waals surface area contributed by atoms with Gasteiger partial charge in [-0.2, -0.15) is 0 Å². The molecule has 2 unspecified atom stereocenters. The molecule has 2 amide bonds. The zero-order valence-corrected chi connectivity index (χ0v) is 14.7. The molecule has 25 heavy (non-hydrogen) atoms. The van der Waals surface area contributed by atoms with Crippen LogP contribution >= 0.6 is 0 Å². The molecule has 0 spiro atoms. The molecule has 0 bridgehead atoms. The Balaban J connectivity index is 1.56. The molecule has 2 fully saturated rings. The van der Waals surface area contributed by atoms with Crippen LogP contribution in [0.5, 0.6) is 0 Å². The molecular formula is C19H26FN3O2. The largest absolute Gasteiger partial charge is 0.354 e. The van der Waals surface area contributed by atoms with Crippen molar-refractivity contribution in [3.05, 3.63) is 35.1 Å². The average Bonchev–Trinajstić information content (AvgIpc) is 3.16. The predicted molar refractivity (Wildman–Crippen MR) is 93.8 cm³/mol. The van der Waals surface area contributed by atoms with Crippen LogP contribution in [-0.4, -0.2) is 48.9 Å². The molecule has 6 heteroatoms. The van der Waals surface area contributed by atoms with Gasteiger partial charge in [0.15, 0.2) is 0 Å². The van der Waals surface area contributed by atoms with E-state index in [0.29, 0.717) is 25.2 Å². The van der Waals surface area contributed by atoms with Crippen molar-refractivity contribution in [2.45, 2.75) is 38.6 Å². The van der Waals surface area contributed by atoms with Gasteiger partial charge in [0, 0.05) is 19.6 Å². The summed E-state index contributed by atoms with van der Waals surface area (Å²) in [6.07, 6.45) is 3.76. The van der Waals surface area contributed by atoms with Gasteiger partial charge in [0.25, 0.3) is 5.91 Å². The minimum Gasteiger partial charge on any atom is -0.354 e. The van der Waals surface area contributed by atoms with Gasteiger partial charge < -0.3 is 15.5 Å². The van der Waals surface area contributed by atoms with Crippen LogP contribution in [0.15, 0.2) is 18.2 Å². The first-order chi connectivity index (χ1) is 12.1. The van der Waals surface area contributed by atoms with E-state index in [1.54, 1.807) is 30.0 Å². The maximum absolute atomic E-state index is 14.2. The highest BCUT2D eigenvalue weighted by molar-refractivity contribution is 5.94. The lowest BCUT2D eigenvalue weighted by atomic mass is 9.97. The molecular weight excluding hydrogens is 321 g/mol. The summed E-state index contributed by atoms with van der Waals surface area (Å²) in [4.78, 5) is 26.5. The van der Waals surface area contributed by atoms with Gasteiger partial charge in [0.1, 0.15) is 5.82 Å². The quantitative estimate of drug-likeness (QED) is 0.874. The van der Waals surface area contributed by atoms with E-state index in [1.807, 2.05) is 0 Å². The Labute approximate surface area is 148 Å². The molecule has 136 valence electrons. The molecule has 2 atom stereocenters. The molecule has 3 rings (SSSR count). The van der Waals surface area contributed by atoms with Gasteiger partial charge in [-0.15, -0.1) is 0 Å². The summed E-state index contributed by atoms with van der Waals surface area (Å²) in [5.41, 5.74) is 0.621. The third kappa shape index (κ3) is 4.18. The van der Waals surface area contributed by atoms with Crippen LogP contribution in [0, 0.1) is 18.7 Å². The Morgan fingerprint density at radius 3 is 2.92 bits per heavy atom. The maximum atomic E-state index is 14.2. The first-order valence-corrected chi connectivity index (χ1v) is 9.11. The SMILES string of the molecule is Cc1cccc(C(=O)N2CCCC(CNC(=O)C3CCCN3)C2)c1F. The van der Waals surface area contributed by atoms with Crippen molar-refractivity contribution in [2.24, 2.45) is 5.92 Å². The number of benzene rings is 1. The van der Waals surface area contributed by atoms with Gasteiger partial charge in [-0.3, -0.25) is 9.59 Å². The van der Waals surface area contributed by atoms with Crippen molar-refractivity contribution >= 4 is 11.8 Å². The van der Waals surface area contributed by atoms with E-state index in [0.717, 1.165) is 32.2 Å². The Hall–Kier alpha value is -1.95. The van der Waals surface area contributed by atoms with Crippen molar-refractivity contribution in [1.82, 2.24) is 15.5 Å². The predicted octanol–water partition coefficient (Wildman–Crippen LogP) is 1.85. The van der Waals surface area contributed by atoms with Crippen molar-refractivity contribution in [3.8, 4) is 0 Å². The van der Waals surface area contributed by atoms with Crippen molar-refractivity contribution in [3.63, 3.8) is 0 Å². The molecule has 1 aromatic rings. The standard InChI is InChI=1S/C19H26FN3O2/c1-13-5-2-7-15(17(13)20)19(25)23-10-4-6-14(12-23)11-22-18(24)16-8-3-9-21-16/h2,5,7,14,16,21H,3-4,6,8-12H2,1H3,(H,22,24). The smallest absolute Gasteiger partial charge is 0.256 e. The first-order valence-electron chi connectivity index (χ1n) is 9.11. The minimum absolute atomic E-state index is 0.0469. The molecule has 0 aliphatic carbocycles. The number of nitrogens with one attached hydrogen (secondary N) is 2. The Bertz CT molecular complexity index is 644. The van der Waals surface area contributed by atoms with Gasteiger partial charge in [0.2, 0.25) is 5.91 Å². The third-order valence-corrected chi connectivity index (χ3v) is 5.17. The number of amides is 2. The summed E-state index contributed by atoms with van der Waals surface area (Å²) >= 11 is 0. The van der Waals surface area contributed by atoms with Crippen LogP contribution in [-0.2, 0) is 4.79 Å². The second kappa shape index (κ2) is 7.95. The summed E-state index contributed by atoms with van der Waals surface area (Å²) < 4.78 is 14.2. The van der Waals surface area contributed by atoms with Gasteiger partial charge in [-0.05, 0) is 56.7 Å². The maximum Gasteiger partial charge on any atom is 0.256 e. The fourth-order valence-electron chi connectivity index (χ4n) is 3.68. The van der Waals surface area contributed by atoms with Gasteiger partial charge in [-0.25, -0.2) is 4.39 Å². The number of rotatable bonds is 4. The highest BCUT2D eigenvalue weighted by Crippen LogP contribution is 2.20. The zero-order valence-electron chi connectivity index (χ0n) is 14.7. The van der Waals surface area contributed by atoms with Crippen LogP contribution in [0.25, 0.3) is 0 Å². The van der Waals surface area contributed by atoms with Crippen molar-refractivity contribution in [1.29, 1.82) is 0 Å². The molecule has 5 nitrogen and oxygen atoms in total. The molecule has 1 aromatic carbocycles. The molecule has 2 saturated heterocycles. The molecule has 0 radical (unpaired) electrons. The summed E-state index contributed by atoms with van der Waals surface area (Å²) in [6, 6.07) is 4.84. The van der Waals surface area contributed by atoms with Gasteiger partial charge in [0.05, 0.1) is 11.6 Å². The topological polar surface area (TPSA) is 61.4 Å². The van der Waals surface area contributed by atoms with E-state index >= 15 is 0 Å². The van der Waals surface area contributed by atoms with E-state index in [9.17, 15) is 14.0 Å². The second-order valence-corrected chi connectivity index (χ2v) is 7.09. The Morgan fingerprint density at radius 1 is 1.32 bits per heavy atom. The highest BCUT2D eigenvalue weighted by atomic mass is 19.1. The molecule has 0 saturated carbocycles. The van der Waals surface area contributed by atoms with Crippen molar-refractivity contribution in [2.75, 3.05) is 26.2 Å². The number of carbonyl (C=O) groups is 2. The number of likely N-dealkylation sites (tertiary alicyclic amines) is 1. The number of carbonyl (C=O) groups excluding carboxylic acids is 2. The lowest BCUT2D eigenvalue weighted by Crippen LogP contribution is -2.46. The number of nitrogens with zero attached hydrogens (tertiary/aromatic N) is 1. The second-order valence-electron chi connectivity index (χ2n) is 7.09. The third-order valence-electron chi connectivity index (χ3n) is 5.17. The van der Waals surface area contributed by atoms with Gasteiger partial charge in [-0.1, -0.05) is 12.1 Å². The lowest BCUT2D eigenvalue weighted by molar-refractivity contribution is -0.123. The number of piperidine rings is 1. The number of aryl methyl sites for hydroxylation is 1. The van der Waals surface area contributed by atoms with Crippen LogP contribution in [0.3, 0.4) is 0 Å². The van der Waals surface area contributed by atoms with Crippen LogP contribution < -0.4 is 10.6 Å². The minimum atomic E-state index is -0.435. The van der Waals surface area contributed by atoms with E-state index in [4.69, 9.17) is 0 Å². The molecule has 2 aliphatic rings. The lowest BCUT2D eigenvalue weighted by Gasteiger charge is -2.33. The van der Waals surface area contributed by atoms with Crippen LogP contribution in [0.4, 0.5) is 4.39 Å². The average molecular weight is 347 g/mol. The summed E-state index contributed by atoms with van der Waals surface area (Å²) in [5.74, 6) is -0.425. The van der Waals surface area contributed by atoms with Crippen molar-refractivity contribution < 1.29 is 14.0 Å². The number of hydrogen-bond donors (Lipinski definition) is 2. The fraction of sp³-hybridized carbons (Fsp3) is 0.579. The first kappa shape index (κ1) is 17.9. The van der Waals surface area contributed by atoms with E-state index in [2.05, 4.69) is 10.6 Å². The summed E-state index contributed by atoms with van der Waals surface area (Å²) in [6.45, 7) is 4.33. The summed E-state index contributed by atoms with van der Waals surface area (Å²) in [5, 5.41) is 6.19. The molecule has 2 heterocycles.